The molecule has 0 spiro atoms. The van der Waals surface area contributed by atoms with Crippen LogP contribution in [0.2, 0.25) is 0 Å². The van der Waals surface area contributed by atoms with Crippen LogP contribution in [0.25, 0.3) is 0 Å². The molecule has 5 nitrogen and oxygen atoms in total. The molecule has 120 valence electrons. The van der Waals surface area contributed by atoms with Gasteiger partial charge in [0.15, 0.2) is 0 Å². The SMILES string of the molecule is CCCNCc1ccc(S(=O)(=O)N2CCOC(C)(C)C2)s1. The van der Waals surface area contributed by atoms with E-state index in [0.29, 0.717) is 23.9 Å². The van der Waals surface area contributed by atoms with Gasteiger partial charge in [-0.05, 0) is 38.9 Å². The molecule has 0 aromatic carbocycles. The molecule has 1 aliphatic rings. The number of hydrogen-bond acceptors (Lipinski definition) is 5. The van der Waals surface area contributed by atoms with E-state index < -0.39 is 15.6 Å². The number of hydrogen-bond donors (Lipinski definition) is 1. The summed E-state index contributed by atoms with van der Waals surface area (Å²) in [5, 5.41) is 3.29. The van der Waals surface area contributed by atoms with E-state index in [1.165, 1.54) is 15.6 Å². The molecule has 7 heteroatoms. The largest absolute Gasteiger partial charge is 0.373 e. The predicted molar refractivity (Wildman–Crippen MR) is 85.1 cm³/mol. The van der Waals surface area contributed by atoms with Crippen LogP contribution in [-0.4, -0.2) is 44.6 Å². The van der Waals surface area contributed by atoms with E-state index in [9.17, 15) is 8.42 Å². The van der Waals surface area contributed by atoms with Crippen LogP contribution < -0.4 is 5.32 Å². The van der Waals surface area contributed by atoms with E-state index in [1.54, 1.807) is 6.07 Å². The summed E-state index contributed by atoms with van der Waals surface area (Å²) in [6, 6.07) is 3.61. The predicted octanol–water partition coefficient (Wildman–Crippen LogP) is 2.05. The lowest BCUT2D eigenvalue weighted by molar-refractivity contribution is -0.0639. The van der Waals surface area contributed by atoms with Crippen LogP contribution in [0.15, 0.2) is 16.3 Å². The van der Waals surface area contributed by atoms with Gasteiger partial charge in [-0.3, -0.25) is 0 Å². The Labute approximate surface area is 131 Å². The third kappa shape index (κ3) is 4.26. The Morgan fingerprint density at radius 1 is 1.43 bits per heavy atom. The van der Waals surface area contributed by atoms with Gasteiger partial charge < -0.3 is 10.1 Å². The van der Waals surface area contributed by atoms with E-state index in [1.807, 2.05) is 19.9 Å². The van der Waals surface area contributed by atoms with Gasteiger partial charge in [0, 0.05) is 24.5 Å². The molecule has 0 bridgehead atoms. The number of nitrogens with zero attached hydrogens (tertiary/aromatic N) is 1. The van der Waals surface area contributed by atoms with Crippen molar-refractivity contribution >= 4 is 21.4 Å². The van der Waals surface area contributed by atoms with Crippen LogP contribution in [0.3, 0.4) is 0 Å². The van der Waals surface area contributed by atoms with Crippen molar-refractivity contribution in [3.63, 3.8) is 0 Å². The second kappa shape index (κ2) is 6.75. The molecule has 2 heterocycles. The maximum Gasteiger partial charge on any atom is 0.252 e. The first-order valence-electron chi connectivity index (χ1n) is 7.29. The topological polar surface area (TPSA) is 58.6 Å². The van der Waals surface area contributed by atoms with Gasteiger partial charge in [-0.25, -0.2) is 8.42 Å². The zero-order valence-corrected chi connectivity index (χ0v) is 14.5. The lowest BCUT2D eigenvalue weighted by Crippen LogP contribution is -2.50. The smallest absolute Gasteiger partial charge is 0.252 e. The average molecular weight is 332 g/mol. The van der Waals surface area contributed by atoms with Gasteiger partial charge in [-0.1, -0.05) is 6.92 Å². The van der Waals surface area contributed by atoms with Gasteiger partial charge in [0.2, 0.25) is 0 Å². The molecule has 1 aliphatic heterocycles. The Hall–Kier alpha value is -0.470. The van der Waals surface area contributed by atoms with Crippen molar-refractivity contribution in [1.29, 1.82) is 0 Å². The molecule has 21 heavy (non-hydrogen) atoms. The first-order chi connectivity index (χ1) is 9.85. The maximum atomic E-state index is 12.7. The van der Waals surface area contributed by atoms with Crippen molar-refractivity contribution in [3.8, 4) is 0 Å². The second-order valence-electron chi connectivity index (χ2n) is 5.84. The molecule has 1 aromatic rings. The van der Waals surface area contributed by atoms with Crippen molar-refractivity contribution < 1.29 is 13.2 Å². The minimum absolute atomic E-state index is 0.399. The van der Waals surface area contributed by atoms with Crippen LogP contribution in [0.1, 0.15) is 32.1 Å². The molecule has 1 aromatic heterocycles. The molecule has 1 N–H and O–H groups in total. The molecule has 0 atom stereocenters. The molecule has 0 aliphatic carbocycles. The number of morpholine rings is 1. The van der Waals surface area contributed by atoms with Crippen LogP contribution in [0.5, 0.6) is 0 Å². The zero-order valence-electron chi connectivity index (χ0n) is 12.9. The highest BCUT2D eigenvalue weighted by atomic mass is 32.2. The third-order valence-electron chi connectivity index (χ3n) is 3.35. The fourth-order valence-electron chi connectivity index (χ4n) is 2.29. The van der Waals surface area contributed by atoms with Crippen molar-refractivity contribution in [1.82, 2.24) is 9.62 Å². The Bertz CT molecular complexity index is 567. The average Bonchev–Trinajstić information content (AvgIpc) is 2.87. The number of nitrogens with one attached hydrogen (secondary N) is 1. The second-order valence-corrected chi connectivity index (χ2v) is 9.18. The van der Waals surface area contributed by atoms with Crippen molar-refractivity contribution in [2.24, 2.45) is 0 Å². The van der Waals surface area contributed by atoms with Gasteiger partial charge >= 0.3 is 0 Å². The normalized spacial score (nSPS) is 19.8. The zero-order chi connectivity index (χ0) is 15.5. The van der Waals surface area contributed by atoms with Crippen LogP contribution >= 0.6 is 11.3 Å². The Morgan fingerprint density at radius 2 is 2.19 bits per heavy atom. The highest BCUT2D eigenvalue weighted by Gasteiger charge is 2.35. The van der Waals surface area contributed by atoms with Crippen molar-refractivity contribution in [2.75, 3.05) is 26.2 Å². The summed E-state index contributed by atoms with van der Waals surface area (Å²) >= 11 is 1.35. The lowest BCUT2D eigenvalue weighted by atomic mass is 10.1. The highest BCUT2D eigenvalue weighted by Crippen LogP contribution is 2.28. The molecular weight excluding hydrogens is 308 g/mol. The van der Waals surface area contributed by atoms with Crippen LogP contribution in [-0.2, 0) is 21.3 Å². The molecule has 1 fully saturated rings. The summed E-state index contributed by atoms with van der Waals surface area (Å²) in [6.45, 7) is 8.89. The van der Waals surface area contributed by atoms with E-state index in [0.717, 1.165) is 24.4 Å². The number of thiophene rings is 1. The summed E-state index contributed by atoms with van der Waals surface area (Å²) < 4.78 is 32.9. The van der Waals surface area contributed by atoms with Gasteiger partial charge in [-0.15, -0.1) is 11.3 Å². The summed E-state index contributed by atoms with van der Waals surface area (Å²) in [6.07, 6.45) is 1.07. The first-order valence-corrected chi connectivity index (χ1v) is 9.54. The fourth-order valence-corrected chi connectivity index (χ4v) is 5.34. The molecular formula is C14H24N2O3S2. The van der Waals surface area contributed by atoms with E-state index >= 15 is 0 Å². The minimum atomic E-state index is -3.40. The molecule has 0 unspecified atom stereocenters. The standard InChI is InChI=1S/C14H24N2O3S2/c1-4-7-15-10-12-5-6-13(20-12)21(17,18)16-8-9-19-14(2,3)11-16/h5-6,15H,4,7-11H2,1-3H3. The van der Waals surface area contributed by atoms with E-state index in [-0.39, 0.29) is 0 Å². The minimum Gasteiger partial charge on any atom is -0.373 e. The number of sulfonamides is 1. The van der Waals surface area contributed by atoms with Crippen molar-refractivity contribution in [2.45, 2.75) is 43.5 Å². The maximum absolute atomic E-state index is 12.7. The molecule has 2 rings (SSSR count). The number of rotatable bonds is 6. The Balaban J connectivity index is 2.09. The van der Waals surface area contributed by atoms with Crippen molar-refractivity contribution in [3.05, 3.63) is 17.0 Å². The van der Waals surface area contributed by atoms with Gasteiger partial charge in [0.25, 0.3) is 10.0 Å². The van der Waals surface area contributed by atoms with Crippen LogP contribution in [0.4, 0.5) is 0 Å². The lowest BCUT2D eigenvalue weighted by Gasteiger charge is -2.37. The number of ether oxygens (including phenoxy) is 1. The molecule has 0 saturated carbocycles. The third-order valence-corrected chi connectivity index (χ3v) is 6.75. The molecule has 0 amide bonds. The molecule has 1 saturated heterocycles. The Kier molecular flexibility index (Phi) is 5.43. The quantitative estimate of drug-likeness (QED) is 0.810. The molecule has 0 radical (unpaired) electrons. The Morgan fingerprint density at radius 3 is 2.86 bits per heavy atom. The van der Waals surface area contributed by atoms with E-state index in [2.05, 4.69) is 12.2 Å². The summed E-state index contributed by atoms with van der Waals surface area (Å²) in [4.78, 5) is 1.05. The van der Waals surface area contributed by atoms with Gasteiger partial charge in [0.1, 0.15) is 4.21 Å². The van der Waals surface area contributed by atoms with Gasteiger partial charge in [0.05, 0.1) is 12.2 Å². The summed E-state index contributed by atoms with van der Waals surface area (Å²) in [7, 11) is -3.40. The van der Waals surface area contributed by atoms with E-state index in [4.69, 9.17) is 4.74 Å². The summed E-state index contributed by atoms with van der Waals surface area (Å²) in [5.74, 6) is 0. The first kappa shape index (κ1) is 16.9. The monoisotopic (exact) mass is 332 g/mol. The fraction of sp³-hybridized carbons (Fsp3) is 0.714. The summed E-state index contributed by atoms with van der Waals surface area (Å²) in [5.41, 5.74) is -0.423. The van der Waals surface area contributed by atoms with Gasteiger partial charge in [-0.2, -0.15) is 4.31 Å². The highest BCUT2D eigenvalue weighted by molar-refractivity contribution is 7.91. The van der Waals surface area contributed by atoms with Crippen LogP contribution in [0, 0.1) is 0 Å².